The molecule has 0 radical (unpaired) electrons. The van der Waals surface area contributed by atoms with E-state index >= 15 is 0 Å². The third-order valence-corrected chi connectivity index (χ3v) is 3.95. The molecular weight excluding hydrogens is 304 g/mol. The summed E-state index contributed by atoms with van der Waals surface area (Å²) in [6.07, 6.45) is 1.07. The van der Waals surface area contributed by atoms with Gasteiger partial charge < -0.3 is 15.4 Å². The summed E-state index contributed by atoms with van der Waals surface area (Å²) in [7, 11) is 0. The average molecular weight is 324 g/mol. The number of hydrogen-bond acceptors (Lipinski definition) is 3. The van der Waals surface area contributed by atoms with Crippen LogP contribution in [0.2, 0.25) is 0 Å². The number of amides is 2. The van der Waals surface area contributed by atoms with Gasteiger partial charge in [-0.25, -0.2) is 0 Å². The molecule has 0 saturated heterocycles. The molecule has 0 fully saturated rings. The van der Waals surface area contributed by atoms with E-state index in [4.69, 9.17) is 4.74 Å². The van der Waals surface area contributed by atoms with Gasteiger partial charge in [0.25, 0.3) is 11.8 Å². The fourth-order valence-electron chi connectivity index (χ4n) is 2.67. The molecule has 5 nitrogen and oxygen atoms in total. The molecule has 24 heavy (non-hydrogen) atoms. The van der Waals surface area contributed by atoms with Gasteiger partial charge in [-0.3, -0.25) is 9.59 Å². The molecule has 1 atom stereocenters. The monoisotopic (exact) mass is 324 g/mol. The number of aryl methyl sites for hydroxylation is 1. The van der Waals surface area contributed by atoms with E-state index in [9.17, 15) is 9.59 Å². The molecule has 1 aliphatic heterocycles. The van der Waals surface area contributed by atoms with Crippen LogP contribution in [-0.2, 0) is 11.2 Å². The van der Waals surface area contributed by atoms with Gasteiger partial charge in [-0.2, -0.15) is 0 Å². The van der Waals surface area contributed by atoms with E-state index in [1.165, 1.54) is 0 Å². The minimum absolute atomic E-state index is 0.0519. The molecular formula is C19H20N2O3. The van der Waals surface area contributed by atoms with Gasteiger partial charge in [0.15, 0.2) is 6.10 Å². The van der Waals surface area contributed by atoms with Crippen molar-refractivity contribution < 1.29 is 14.3 Å². The number of ether oxygens (including phenoxy) is 1. The van der Waals surface area contributed by atoms with E-state index in [0.717, 1.165) is 24.1 Å². The third-order valence-electron chi connectivity index (χ3n) is 3.95. The van der Waals surface area contributed by atoms with Crippen molar-refractivity contribution in [3.63, 3.8) is 0 Å². The van der Waals surface area contributed by atoms with Crippen molar-refractivity contribution in [2.24, 2.45) is 0 Å². The van der Waals surface area contributed by atoms with E-state index < -0.39 is 6.10 Å². The first-order valence-corrected chi connectivity index (χ1v) is 8.07. The van der Waals surface area contributed by atoms with E-state index in [1.807, 2.05) is 36.4 Å². The Morgan fingerprint density at radius 3 is 2.79 bits per heavy atom. The maximum Gasteiger partial charge on any atom is 0.265 e. The number of para-hydroxylation sites is 1. The summed E-state index contributed by atoms with van der Waals surface area (Å²) in [6, 6.07) is 14.6. The Kier molecular flexibility index (Phi) is 4.79. The zero-order chi connectivity index (χ0) is 16.9. The molecule has 5 heteroatoms. The van der Waals surface area contributed by atoms with Gasteiger partial charge in [0, 0.05) is 17.8 Å². The number of hydrogen-bond donors (Lipinski definition) is 2. The Balaban J connectivity index is 1.68. The highest BCUT2D eigenvalue weighted by Gasteiger charge is 2.18. The van der Waals surface area contributed by atoms with E-state index in [1.54, 1.807) is 19.1 Å². The number of rotatable bonds is 4. The van der Waals surface area contributed by atoms with Gasteiger partial charge >= 0.3 is 0 Å². The second-order valence-electron chi connectivity index (χ2n) is 5.79. The molecule has 0 unspecified atom stereocenters. The van der Waals surface area contributed by atoms with Crippen LogP contribution in [0.1, 0.15) is 29.3 Å². The van der Waals surface area contributed by atoms with Crippen molar-refractivity contribution in [3.05, 3.63) is 59.7 Å². The molecule has 0 aliphatic carbocycles. The van der Waals surface area contributed by atoms with Gasteiger partial charge in [0.05, 0.1) is 0 Å². The highest BCUT2D eigenvalue weighted by molar-refractivity contribution is 5.96. The Morgan fingerprint density at radius 1 is 1.21 bits per heavy atom. The lowest BCUT2D eigenvalue weighted by molar-refractivity contribution is -0.122. The molecule has 0 spiro atoms. The summed E-state index contributed by atoms with van der Waals surface area (Å²) in [5.74, 6) is 0.331. The zero-order valence-electron chi connectivity index (χ0n) is 13.5. The quantitative estimate of drug-likeness (QED) is 0.909. The molecule has 2 amide bonds. The Morgan fingerprint density at radius 2 is 2.00 bits per heavy atom. The standard InChI is InChI=1S/C19H20N2O3/c1-13(18(22)21-15-7-3-2-4-8-15)24-16-9-10-17-14(12-16)6-5-11-20-19(17)23/h2-4,7-10,12-13H,5-6,11H2,1H3,(H,20,23)(H,21,22)/t13-/m0/s1. The molecule has 0 aromatic heterocycles. The normalized spacial score (nSPS) is 14.8. The molecule has 0 saturated carbocycles. The van der Waals surface area contributed by atoms with Crippen molar-refractivity contribution in [1.82, 2.24) is 5.32 Å². The van der Waals surface area contributed by atoms with E-state index in [0.29, 0.717) is 17.9 Å². The van der Waals surface area contributed by atoms with Crippen LogP contribution < -0.4 is 15.4 Å². The highest BCUT2D eigenvalue weighted by atomic mass is 16.5. The SMILES string of the molecule is C[C@H](Oc1ccc2c(c1)CCCNC2=O)C(=O)Nc1ccccc1. The van der Waals surface area contributed by atoms with Gasteiger partial charge in [0.1, 0.15) is 5.75 Å². The van der Waals surface area contributed by atoms with E-state index in [-0.39, 0.29) is 11.8 Å². The lowest BCUT2D eigenvalue weighted by Gasteiger charge is -2.16. The lowest BCUT2D eigenvalue weighted by Crippen LogP contribution is -2.30. The topological polar surface area (TPSA) is 67.4 Å². The van der Waals surface area contributed by atoms with Gasteiger partial charge in [0.2, 0.25) is 0 Å². The van der Waals surface area contributed by atoms with Crippen molar-refractivity contribution in [2.75, 3.05) is 11.9 Å². The van der Waals surface area contributed by atoms with Gasteiger partial charge in [-0.05, 0) is 55.7 Å². The summed E-state index contributed by atoms with van der Waals surface area (Å²) < 4.78 is 5.75. The number of anilines is 1. The van der Waals surface area contributed by atoms with Crippen LogP contribution in [0.25, 0.3) is 0 Å². The summed E-state index contributed by atoms with van der Waals surface area (Å²) in [4.78, 5) is 24.1. The second-order valence-corrected chi connectivity index (χ2v) is 5.79. The van der Waals surface area contributed by atoms with Crippen LogP contribution in [-0.4, -0.2) is 24.5 Å². The first kappa shape index (κ1) is 16.1. The largest absolute Gasteiger partial charge is 0.481 e. The summed E-state index contributed by atoms with van der Waals surface area (Å²) in [6.45, 7) is 2.39. The molecule has 0 bridgehead atoms. The van der Waals surface area contributed by atoms with Crippen LogP contribution in [0.3, 0.4) is 0 Å². The predicted molar refractivity (Wildman–Crippen MR) is 92.3 cm³/mol. The molecule has 3 rings (SSSR count). The average Bonchev–Trinajstić information content (AvgIpc) is 2.77. The highest BCUT2D eigenvalue weighted by Crippen LogP contribution is 2.22. The maximum atomic E-state index is 12.2. The van der Waals surface area contributed by atoms with Crippen LogP contribution in [0.5, 0.6) is 5.75 Å². The second kappa shape index (κ2) is 7.17. The molecule has 1 heterocycles. The summed E-state index contributed by atoms with van der Waals surface area (Å²) in [5.41, 5.74) is 2.37. The fraction of sp³-hybridized carbons (Fsp3) is 0.263. The number of nitrogens with one attached hydrogen (secondary N) is 2. The summed E-state index contributed by atoms with van der Waals surface area (Å²) in [5, 5.41) is 5.68. The number of fused-ring (bicyclic) bond motifs is 1. The van der Waals surface area contributed by atoms with E-state index in [2.05, 4.69) is 10.6 Å². The molecule has 2 N–H and O–H groups in total. The Hall–Kier alpha value is -2.82. The van der Waals surface area contributed by atoms with Crippen molar-refractivity contribution in [1.29, 1.82) is 0 Å². The molecule has 124 valence electrons. The Labute approximate surface area is 141 Å². The molecule has 1 aliphatic rings. The molecule has 2 aromatic rings. The first-order chi connectivity index (χ1) is 11.6. The van der Waals surface area contributed by atoms with Crippen LogP contribution in [0, 0.1) is 0 Å². The molecule has 2 aromatic carbocycles. The van der Waals surface area contributed by atoms with Crippen molar-refractivity contribution in [2.45, 2.75) is 25.9 Å². The zero-order valence-corrected chi connectivity index (χ0v) is 13.5. The summed E-state index contributed by atoms with van der Waals surface area (Å²) >= 11 is 0. The van der Waals surface area contributed by atoms with Crippen LogP contribution in [0.15, 0.2) is 48.5 Å². The maximum absolute atomic E-state index is 12.2. The minimum atomic E-state index is -0.636. The fourth-order valence-corrected chi connectivity index (χ4v) is 2.67. The smallest absolute Gasteiger partial charge is 0.265 e. The van der Waals surface area contributed by atoms with Crippen LogP contribution >= 0.6 is 0 Å². The van der Waals surface area contributed by atoms with Crippen molar-refractivity contribution >= 4 is 17.5 Å². The number of carbonyl (C=O) groups excluding carboxylic acids is 2. The van der Waals surface area contributed by atoms with Gasteiger partial charge in [-0.1, -0.05) is 18.2 Å². The first-order valence-electron chi connectivity index (χ1n) is 8.07. The number of carbonyl (C=O) groups is 2. The third kappa shape index (κ3) is 3.74. The van der Waals surface area contributed by atoms with Crippen LogP contribution in [0.4, 0.5) is 5.69 Å². The number of benzene rings is 2. The van der Waals surface area contributed by atoms with Crippen molar-refractivity contribution in [3.8, 4) is 5.75 Å². The predicted octanol–water partition coefficient (Wildman–Crippen LogP) is 2.77. The van der Waals surface area contributed by atoms with Gasteiger partial charge in [-0.15, -0.1) is 0 Å². The Bertz CT molecular complexity index is 744. The lowest BCUT2D eigenvalue weighted by atomic mass is 10.0. The minimum Gasteiger partial charge on any atom is -0.481 e.